The lowest BCUT2D eigenvalue weighted by atomic mass is 9.94. The zero-order valence-electron chi connectivity index (χ0n) is 10.2. The second kappa shape index (κ2) is 3.92. The lowest BCUT2D eigenvalue weighted by molar-refractivity contribution is 0.305. The molecule has 2 fully saturated rings. The number of rotatable bonds is 3. The first kappa shape index (κ1) is 10.4. The smallest absolute Gasteiger partial charge is 0.120 e. The van der Waals surface area contributed by atoms with Crippen molar-refractivity contribution >= 4 is 0 Å². The highest BCUT2D eigenvalue weighted by atomic mass is 16.3. The van der Waals surface area contributed by atoms with Crippen molar-refractivity contribution in [3.63, 3.8) is 0 Å². The summed E-state index contributed by atoms with van der Waals surface area (Å²) in [6.45, 7) is 4.22. The fourth-order valence-electron chi connectivity index (χ4n) is 3.54. The van der Waals surface area contributed by atoms with Crippen molar-refractivity contribution in [2.45, 2.75) is 51.6 Å². The molecule has 2 nitrogen and oxygen atoms in total. The van der Waals surface area contributed by atoms with Gasteiger partial charge in [-0.25, -0.2) is 0 Å². The number of hydrogen-bond acceptors (Lipinski definition) is 2. The highest BCUT2D eigenvalue weighted by Crippen LogP contribution is 2.45. The fraction of sp³-hybridized carbons (Fsp3) is 0.714. The molecule has 1 heterocycles. The molecule has 0 radical (unpaired) electrons. The van der Waals surface area contributed by atoms with E-state index in [4.69, 9.17) is 4.42 Å². The topological polar surface area (TPSA) is 25.2 Å². The Kier molecular flexibility index (Phi) is 2.55. The second-order valence-electron chi connectivity index (χ2n) is 5.62. The molecule has 16 heavy (non-hydrogen) atoms. The Morgan fingerprint density at radius 3 is 2.75 bits per heavy atom. The highest BCUT2D eigenvalue weighted by Gasteiger charge is 2.39. The molecule has 2 heteroatoms. The summed E-state index contributed by atoms with van der Waals surface area (Å²) in [6.07, 6.45) is 5.75. The Morgan fingerprint density at radius 1 is 1.31 bits per heavy atom. The van der Waals surface area contributed by atoms with E-state index in [2.05, 4.69) is 18.3 Å². The molecule has 88 valence electrons. The maximum Gasteiger partial charge on any atom is 0.120 e. The van der Waals surface area contributed by atoms with Gasteiger partial charge in [0.1, 0.15) is 11.5 Å². The van der Waals surface area contributed by atoms with Crippen LogP contribution >= 0.6 is 0 Å². The van der Waals surface area contributed by atoms with E-state index < -0.39 is 0 Å². The molecule has 2 aliphatic carbocycles. The normalized spacial score (nSPS) is 34.5. The third kappa shape index (κ3) is 1.80. The minimum Gasteiger partial charge on any atom is -0.465 e. The Bertz CT molecular complexity index is 371. The third-order valence-electron chi connectivity index (χ3n) is 4.39. The summed E-state index contributed by atoms with van der Waals surface area (Å²) in [7, 11) is 0. The van der Waals surface area contributed by atoms with Crippen LogP contribution in [-0.4, -0.2) is 6.04 Å². The monoisotopic (exact) mass is 219 g/mol. The van der Waals surface area contributed by atoms with Crippen LogP contribution in [0.2, 0.25) is 0 Å². The van der Waals surface area contributed by atoms with Gasteiger partial charge >= 0.3 is 0 Å². The van der Waals surface area contributed by atoms with E-state index in [1.165, 1.54) is 25.7 Å². The van der Waals surface area contributed by atoms with Gasteiger partial charge in [0.05, 0.1) is 6.04 Å². The number of nitrogens with one attached hydrogen (secondary N) is 1. The van der Waals surface area contributed by atoms with E-state index in [1.54, 1.807) is 0 Å². The van der Waals surface area contributed by atoms with E-state index in [1.807, 2.05) is 13.0 Å². The van der Waals surface area contributed by atoms with Crippen LogP contribution in [0.3, 0.4) is 0 Å². The molecule has 4 atom stereocenters. The summed E-state index contributed by atoms with van der Waals surface area (Å²) < 4.78 is 5.67. The van der Waals surface area contributed by atoms with Crippen LogP contribution in [0.4, 0.5) is 0 Å². The molecule has 4 unspecified atom stereocenters. The number of hydrogen-bond donors (Lipinski definition) is 1. The average Bonchev–Trinajstić information content (AvgIpc) is 2.92. The van der Waals surface area contributed by atoms with Crippen molar-refractivity contribution in [3.8, 4) is 0 Å². The Hall–Kier alpha value is -0.760. The van der Waals surface area contributed by atoms with E-state index in [9.17, 15) is 0 Å². The molecule has 2 bridgehead atoms. The van der Waals surface area contributed by atoms with Crippen LogP contribution in [0.5, 0.6) is 0 Å². The van der Waals surface area contributed by atoms with Crippen molar-refractivity contribution in [2.24, 2.45) is 11.8 Å². The molecule has 2 aliphatic rings. The zero-order chi connectivity index (χ0) is 11.1. The summed E-state index contributed by atoms with van der Waals surface area (Å²) >= 11 is 0. The maximum atomic E-state index is 5.67. The van der Waals surface area contributed by atoms with Crippen LogP contribution in [0.1, 0.15) is 50.2 Å². The predicted molar refractivity (Wildman–Crippen MR) is 64.2 cm³/mol. The van der Waals surface area contributed by atoms with Gasteiger partial charge in [-0.3, -0.25) is 0 Å². The average molecular weight is 219 g/mol. The first-order valence-corrected chi connectivity index (χ1v) is 6.55. The Labute approximate surface area is 97.4 Å². The minimum atomic E-state index is 0.359. The molecule has 2 saturated carbocycles. The number of aryl methyl sites for hydroxylation is 1. The Morgan fingerprint density at radius 2 is 2.19 bits per heavy atom. The quantitative estimate of drug-likeness (QED) is 0.842. The van der Waals surface area contributed by atoms with Crippen LogP contribution in [0.25, 0.3) is 0 Å². The molecule has 1 aromatic heterocycles. The molecule has 3 rings (SSSR count). The van der Waals surface area contributed by atoms with Gasteiger partial charge in [0, 0.05) is 6.04 Å². The van der Waals surface area contributed by atoms with Crippen LogP contribution in [0.15, 0.2) is 16.5 Å². The summed E-state index contributed by atoms with van der Waals surface area (Å²) in [6, 6.07) is 5.24. The molecule has 0 saturated heterocycles. The van der Waals surface area contributed by atoms with Gasteiger partial charge in [0.25, 0.3) is 0 Å². The molecule has 1 N–H and O–H groups in total. The van der Waals surface area contributed by atoms with Crippen molar-refractivity contribution in [1.29, 1.82) is 0 Å². The van der Waals surface area contributed by atoms with Crippen molar-refractivity contribution in [2.75, 3.05) is 0 Å². The van der Waals surface area contributed by atoms with E-state index in [-0.39, 0.29) is 0 Å². The van der Waals surface area contributed by atoms with Crippen molar-refractivity contribution in [3.05, 3.63) is 23.7 Å². The Balaban J connectivity index is 1.62. The third-order valence-corrected chi connectivity index (χ3v) is 4.39. The van der Waals surface area contributed by atoms with Crippen molar-refractivity contribution in [1.82, 2.24) is 5.32 Å². The fourth-order valence-corrected chi connectivity index (χ4v) is 3.54. The molecule has 0 aromatic carbocycles. The first-order chi connectivity index (χ1) is 7.72. The van der Waals surface area contributed by atoms with E-state index >= 15 is 0 Å². The zero-order valence-corrected chi connectivity index (χ0v) is 10.2. The lowest BCUT2D eigenvalue weighted by Crippen LogP contribution is -2.35. The molecular formula is C14H21NO. The lowest BCUT2D eigenvalue weighted by Gasteiger charge is -2.25. The molecule has 1 aromatic rings. The van der Waals surface area contributed by atoms with Gasteiger partial charge in [-0.1, -0.05) is 6.42 Å². The molecule has 0 aliphatic heterocycles. The standard InChI is InChI=1S/C14H21NO/c1-9-3-6-14(16-9)10(2)15-13-8-11-4-5-12(13)7-11/h3,6,10-13,15H,4-5,7-8H2,1-2H3. The molecule has 0 amide bonds. The van der Waals surface area contributed by atoms with Gasteiger partial charge in [-0.2, -0.15) is 0 Å². The number of furan rings is 1. The summed E-state index contributed by atoms with van der Waals surface area (Å²) in [5.74, 6) is 4.04. The van der Waals surface area contributed by atoms with Gasteiger partial charge < -0.3 is 9.73 Å². The van der Waals surface area contributed by atoms with Crippen molar-refractivity contribution < 1.29 is 4.42 Å². The molecule has 0 spiro atoms. The number of fused-ring (bicyclic) bond motifs is 2. The van der Waals surface area contributed by atoms with E-state index in [0.717, 1.165) is 29.4 Å². The minimum absolute atomic E-state index is 0.359. The molecular weight excluding hydrogens is 198 g/mol. The summed E-state index contributed by atoms with van der Waals surface area (Å²) in [5, 5.41) is 3.75. The van der Waals surface area contributed by atoms with Gasteiger partial charge in [-0.15, -0.1) is 0 Å². The van der Waals surface area contributed by atoms with E-state index in [0.29, 0.717) is 6.04 Å². The second-order valence-corrected chi connectivity index (χ2v) is 5.62. The largest absolute Gasteiger partial charge is 0.465 e. The van der Waals surface area contributed by atoms with Crippen LogP contribution < -0.4 is 5.32 Å². The van der Waals surface area contributed by atoms with Gasteiger partial charge in [0.2, 0.25) is 0 Å². The van der Waals surface area contributed by atoms with Gasteiger partial charge in [-0.05, 0) is 57.1 Å². The highest BCUT2D eigenvalue weighted by molar-refractivity contribution is 5.09. The summed E-state index contributed by atoms with van der Waals surface area (Å²) in [5.41, 5.74) is 0. The predicted octanol–water partition coefficient (Wildman–Crippen LogP) is 3.43. The SMILES string of the molecule is Cc1ccc(C(C)NC2CC3CCC2C3)o1. The van der Waals surface area contributed by atoms with Crippen LogP contribution in [-0.2, 0) is 0 Å². The van der Waals surface area contributed by atoms with Gasteiger partial charge in [0.15, 0.2) is 0 Å². The summed E-state index contributed by atoms with van der Waals surface area (Å²) in [4.78, 5) is 0. The maximum absolute atomic E-state index is 5.67. The first-order valence-electron chi connectivity index (χ1n) is 6.55. The van der Waals surface area contributed by atoms with Crippen LogP contribution in [0, 0.1) is 18.8 Å².